The maximum Gasteiger partial charge on any atom is 0.278 e. The van der Waals surface area contributed by atoms with Crippen LogP contribution in [0.25, 0.3) is 11.2 Å². The number of aromatic nitrogens is 4. The number of H-pyrrole nitrogens is 1. The van der Waals surface area contributed by atoms with Crippen LogP contribution in [-0.4, -0.2) is 120 Å². The summed E-state index contributed by atoms with van der Waals surface area (Å²) in [6.45, 7) is 1.74. The Balaban J connectivity index is 1.67. The number of aliphatic hydroxyl groups is 5. The van der Waals surface area contributed by atoms with Gasteiger partial charge in [0.1, 0.15) is 18.3 Å². The summed E-state index contributed by atoms with van der Waals surface area (Å²) in [7, 11) is 0. The molecule has 2 fully saturated rings. The lowest BCUT2D eigenvalue weighted by molar-refractivity contribution is -0.0505. The molecule has 0 spiro atoms. The predicted octanol–water partition coefficient (Wildman–Crippen LogP) is -3.79. The van der Waals surface area contributed by atoms with E-state index < -0.39 is 42.8 Å². The molecule has 0 aliphatic carbocycles. The van der Waals surface area contributed by atoms with Gasteiger partial charge in [-0.2, -0.15) is 0 Å². The van der Waals surface area contributed by atoms with Gasteiger partial charge in [0.2, 0.25) is 5.95 Å². The average Bonchev–Trinajstić information content (AvgIpc) is 3.27. The number of ether oxygens (including phenoxy) is 1. The molecule has 0 amide bonds. The van der Waals surface area contributed by atoms with Gasteiger partial charge in [0.25, 0.3) is 5.56 Å². The number of hydrogen-bond acceptors (Lipinski definition) is 11. The monoisotopic (exact) mass is 426 g/mol. The Morgan fingerprint density at radius 3 is 2.57 bits per heavy atom. The van der Waals surface area contributed by atoms with Gasteiger partial charge in [-0.05, 0) is 0 Å². The van der Waals surface area contributed by atoms with E-state index in [1.807, 2.05) is 9.80 Å². The first-order chi connectivity index (χ1) is 14.4. The number of rotatable bonds is 6. The molecular weight excluding hydrogens is 400 g/mol. The summed E-state index contributed by atoms with van der Waals surface area (Å²) < 4.78 is 7.15. The summed E-state index contributed by atoms with van der Waals surface area (Å²) >= 11 is 0. The van der Waals surface area contributed by atoms with Crippen LogP contribution in [0.1, 0.15) is 6.23 Å². The van der Waals surface area contributed by atoms with Gasteiger partial charge >= 0.3 is 0 Å². The fourth-order valence-electron chi connectivity index (χ4n) is 3.95. The molecule has 4 rings (SSSR count). The van der Waals surface area contributed by atoms with E-state index in [0.717, 1.165) is 0 Å². The first-order valence-corrected chi connectivity index (χ1v) is 9.79. The van der Waals surface area contributed by atoms with Crippen molar-refractivity contribution in [1.82, 2.24) is 24.4 Å². The number of nitrogens with zero attached hydrogens (tertiary/aromatic N) is 5. The number of piperazine rings is 1. The molecule has 2 aliphatic rings. The normalized spacial score (nSPS) is 29.0. The van der Waals surface area contributed by atoms with Crippen LogP contribution in [0.15, 0.2) is 11.1 Å². The molecular formula is C17H26N6O7. The van der Waals surface area contributed by atoms with Crippen molar-refractivity contribution in [1.29, 1.82) is 0 Å². The quantitative estimate of drug-likeness (QED) is 0.267. The maximum atomic E-state index is 12.3. The van der Waals surface area contributed by atoms with Crippen LogP contribution in [-0.2, 0) is 4.74 Å². The lowest BCUT2D eigenvalue weighted by Crippen LogP contribution is -2.50. The maximum absolute atomic E-state index is 12.3. The molecule has 2 aromatic heterocycles. The molecule has 5 atom stereocenters. The SMILES string of the molecule is O=c1[nH]cnc2c1nc(N1CCN(C[C@H](O)CO)CC1)n2[C@H]1O[C@@H](CO)[C@@H](O)[C@H]1O. The minimum absolute atomic E-state index is 0.0726. The van der Waals surface area contributed by atoms with Crippen molar-refractivity contribution in [3.05, 3.63) is 16.7 Å². The Morgan fingerprint density at radius 2 is 1.93 bits per heavy atom. The standard InChI is InChI=1S/C17H26N6O7/c24-6-9(26)5-21-1-3-22(4-2-21)17-20-11-14(18-8-19-15(11)29)23(17)16-13(28)12(27)10(7-25)30-16/h8-10,12-13,16,24-28H,1-7H2,(H,18,19,29)/t9-,10-,12+,13+,16-/m0/s1. The van der Waals surface area contributed by atoms with E-state index >= 15 is 0 Å². The summed E-state index contributed by atoms with van der Waals surface area (Å²) in [5.74, 6) is 0.353. The van der Waals surface area contributed by atoms with Gasteiger partial charge in [0, 0.05) is 32.7 Å². The van der Waals surface area contributed by atoms with Crippen molar-refractivity contribution in [2.45, 2.75) is 30.6 Å². The van der Waals surface area contributed by atoms with Crippen molar-refractivity contribution in [3.8, 4) is 0 Å². The second-order valence-corrected chi connectivity index (χ2v) is 7.54. The van der Waals surface area contributed by atoms with Crippen molar-refractivity contribution in [2.75, 3.05) is 50.8 Å². The molecule has 2 aliphatic heterocycles. The van der Waals surface area contributed by atoms with Gasteiger partial charge in [-0.25, -0.2) is 9.97 Å². The van der Waals surface area contributed by atoms with Gasteiger partial charge < -0.3 is 40.2 Å². The van der Waals surface area contributed by atoms with Crippen LogP contribution < -0.4 is 10.5 Å². The second-order valence-electron chi connectivity index (χ2n) is 7.54. The molecule has 0 saturated carbocycles. The van der Waals surface area contributed by atoms with E-state index in [1.54, 1.807) is 0 Å². The smallest absolute Gasteiger partial charge is 0.278 e. The highest BCUT2D eigenvalue weighted by Gasteiger charge is 2.45. The van der Waals surface area contributed by atoms with E-state index in [9.17, 15) is 25.2 Å². The molecule has 13 nitrogen and oxygen atoms in total. The molecule has 0 unspecified atom stereocenters. The lowest BCUT2D eigenvalue weighted by Gasteiger charge is -2.36. The Bertz CT molecular complexity index is 927. The van der Waals surface area contributed by atoms with Gasteiger partial charge in [-0.15, -0.1) is 0 Å². The van der Waals surface area contributed by atoms with Crippen molar-refractivity contribution in [3.63, 3.8) is 0 Å². The largest absolute Gasteiger partial charge is 0.394 e. The highest BCUT2D eigenvalue weighted by atomic mass is 16.6. The van der Waals surface area contributed by atoms with Crippen LogP contribution in [0, 0.1) is 0 Å². The van der Waals surface area contributed by atoms with Crippen LogP contribution in [0.5, 0.6) is 0 Å². The lowest BCUT2D eigenvalue weighted by atomic mass is 10.1. The molecule has 4 heterocycles. The number of nitrogens with one attached hydrogen (secondary N) is 1. The summed E-state index contributed by atoms with van der Waals surface area (Å²) in [6.07, 6.45) is -4.30. The van der Waals surface area contributed by atoms with E-state index in [2.05, 4.69) is 15.0 Å². The third-order valence-electron chi connectivity index (χ3n) is 5.57. The minimum Gasteiger partial charge on any atom is -0.394 e. The highest BCUT2D eigenvalue weighted by Crippen LogP contribution is 2.35. The highest BCUT2D eigenvalue weighted by molar-refractivity contribution is 5.74. The zero-order valence-corrected chi connectivity index (χ0v) is 16.2. The summed E-state index contributed by atoms with van der Waals surface area (Å²) in [5, 5.41) is 48.8. The second kappa shape index (κ2) is 8.55. The van der Waals surface area contributed by atoms with Crippen molar-refractivity contribution in [2.24, 2.45) is 0 Å². The number of β-amino-alcohol motifs (C(OH)–C–C–N with tert-alkyl or cyclic N) is 1. The van der Waals surface area contributed by atoms with Crippen LogP contribution >= 0.6 is 0 Å². The summed E-state index contributed by atoms with van der Waals surface area (Å²) in [4.78, 5) is 27.3. The Morgan fingerprint density at radius 1 is 1.20 bits per heavy atom. The molecule has 13 heteroatoms. The number of aromatic amines is 1. The van der Waals surface area contributed by atoms with Crippen LogP contribution in [0.3, 0.4) is 0 Å². The first kappa shape index (κ1) is 21.1. The molecule has 0 aromatic carbocycles. The number of fused-ring (bicyclic) bond motifs is 1. The van der Waals surface area contributed by atoms with E-state index in [4.69, 9.17) is 9.84 Å². The molecule has 6 N–H and O–H groups in total. The van der Waals surface area contributed by atoms with E-state index in [1.165, 1.54) is 10.9 Å². The number of imidazole rings is 1. The van der Waals surface area contributed by atoms with Crippen molar-refractivity contribution >= 4 is 17.1 Å². The fraction of sp³-hybridized carbons (Fsp3) is 0.706. The number of hydrogen-bond donors (Lipinski definition) is 6. The third-order valence-corrected chi connectivity index (χ3v) is 5.57. The van der Waals surface area contributed by atoms with Gasteiger partial charge in [0.15, 0.2) is 17.4 Å². The molecule has 2 saturated heterocycles. The average molecular weight is 426 g/mol. The third kappa shape index (κ3) is 3.69. The summed E-state index contributed by atoms with van der Waals surface area (Å²) in [5.41, 5.74) is -0.179. The predicted molar refractivity (Wildman–Crippen MR) is 103 cm³/mol. The zero-order valence-electron chi connectivity index (χ0n) is 16.2. The Hall–Kier alpha value is -2.13. The van der Waals surface area contributed by atoms with Gasteiger partial charge in [0.05, 0.1) is 25.6 Å². The number of aliphatic hydroxyl groups excluding tert-OH is 5. The molecule has 0 bridgehead atoms. The van der Waals surface area contributed by atoms with Crippen molar-refractivity contribution < 1.29 is 30.3 Å². The fourth-order valence-corrected chi connectivity index (χ4v) is 3.95. The molecule has 0 radical (unpaired) electrons. The molecule has 2 aromatic rings. The first-order valence-electron chi connectivity index (χ1n) is 9.79. The van der Waals surface area contributed by atoms with Crippen LogP contribution in [0.4, 0.5) is 5.95 Å². The topological polar surface area (TPSA) is 180 Å². The van der Waals surface area contributed by atoms with Crippen LogP contribution in [0.2, 0.25) is 0 Å². The summed E-state index contributed by atoms with van der Waals surface area (Å²) in [6, 6.07) is 0. The van der Waals surface area contributed by atoms with Gasteiger partial charge in [-0.1, -0.05) is 0 Å². The Kier molecular flexibility index (Phi) is 6.02. The van der Waals surface area contributed by atoms with Gasteiger partial charge in [-0.3, -0.25) is 14.3 Å². The number of anilines is 1. The minimum atomic E-state index is -1.35. The Labute approximate surface area is 170 Å². The van der Waals surface area contributed by atoms with E-state index in [-0.39, 0.29) is 17.8 Å². The molecule has 30 heavy (non-hydrogen) atoms. The molecule has 166 valence electrons. The van der Waals surface area contributed by atoms with E-state index in [0.29, 0.717) is 38.7 Å². The zero-order chi connectivity index (χ0) is 21.4.